The van der Waals surface area contributed by atoms with E-state index in [4.69, 9.17) is 0 Å². The summed E-state index contributed by atoms with van der Waals surface area (Å²) in [5.74, 6) is -1.96. The molecule has 0 amide bonds. The van der Waals surface area contributed by atoms with E-state index in [0.717, 1.165) is 5.92 Å². The van der Waals surface area contributed by atoms with Gasteiger partial charge in [-0.05, 0) is 19.9 Å². The van der Waals surface area contributed by atoms with Crippen LogP contribution in [0, 0.1) is 17.8 Å². The summed E-state index contributed by atoms with van der Waals surface area (Å²) in [7, 11) is 1.89. The first kappa shape index (κ1) is 27.4. The second-order valence-corrected chi connectivity index (χ2v) is 5.82. The van der Waals surface area contributed by atoms with Crippen molar-refractivity contribution in [2.45, 2.75) is 80.6 Å². The second-order valence-electron chi connectivity index (χ2n) is 5.82. The molecule has 0 aromatic heterocycles. The molecular weight excluding hydrogens is 292 g/mol. The van der Waals surface area contributed by atoms with Crippen molar-refractivity contribution < 1.29 is 8.78 Å². The predicted octanol–water partition coefficient (Wildman–Crippen LogP) is 6.89. The summed E-state index contributed by atoms with van der Waals surface area (Å²) < 4.78 is 24.8. The Labute approximate surface area is 145 Å². The Morgan fingerprint density at radius 1 is 1.13 bits per heavy atom. The highest BCUT2D eigenvalue weighted by Crippen LogP contribution is 2.58. The van der Waals surface area contributed by atoms with Crippen LogP contribution < -0.4 is 0 Å². The molecule has 2 aliphatic rings. The highest BCUT2D eigenvalue weighted by Gasteiger charge is 2.70. The van der Waals surface area contributed by atoms with Gasteiger partial charge >= 0.3 is 0 Å². The first-order chi connectivity index (χ1) is 10.8. The molecule has 142 valence electrons. The van der Waals surface area contributed by atoms with Crippen LogP contribution in [0.15, 0.2) is 12.7 Å². The molecule has 1 saturated heterocycles. The van der Waals surface area contributed by atoms with Gasteiger partial charge in [0.05, 0.1) is 0 Å². The van der Waals surface area contributed by atoms with Crippen LogP contribution in [-0.2, 0) is 0 Å². The molecule has 3 atom stereocenters. The number of alkyl halides is 2. The quantitative estimate of drug-likeness (QED) is 0.507. The van der Waals surface area contributed by atoms with E-state index in [0.29, 0.717) is 13.1 Å². The summed E-state index contributed by atoms with van der Waals surface area (Å²) in [5.41, 5.74) is 0. The van der Waals surface area contributed by atoms with Gasteiger partial charge in [-0.1, -0.05) is 73.8 Å². The number of fused-ring (bicyclic) bond motifs is 1. The lowest BCUT2D eigenvalue weighted by Gasteiger charge is -2.11. The maximum Gasteiger partial charge on any atom is 0.257 e. The normalized spacial score (nSPS) is 23.8. The van der Waals surface area contributed by atoms with Crippen LogP contribution in [0.4, 0.5) is 8.78 Å². The van der Waals surface area contributed by atoms with Crippen LogP contribution in [0.25, 0.3) is 0 Å². The zero-order valence-corrected chi connectivity index (χ0v) is 17.3. The highest BCUT2D eigenvalue weighted by molar-refractivity contribution is 5.11. The van der Waals surface area contributed by atoms with Crippen molar-refractivity contribution in [3.8, 4) is 0 Å². The number of rotatable bonds is 3. The lowest BCUT2D eigenvalue weighted by Crippen LogP contribution is -2.23. The van der Waals surface area contributed by atoms with Gasteiger partial charge in [0.15, 0.2) is 0 Å². The van der Waals surface area contributed by atoms with Crippen LogP contribution in [-0.4, -0.2) is 31.0 Å². The minimum absolute atomic E-state index is 0.303. The lowest BCUT2D eigenvalue weighted by molar-refractivity contribution is 0.0583. The van der Waals surface area contributed by atoms with Gasteiger partial charge in [-0.15, -0.1) is 6.58 Å². The first-order valence-corrected chi connectivity index (χ1v) is 9.48. The van der Waals surface area contributed by atoms with Crippen LogP contribution >= 0.6 is 0 Å². The summed E-state index contributed by atoms with van der Waals surface area (Å²) >= 11 is 0. The summed E-state index contributed by atoms with van der Waals surface area (Å²) in [6, 6.07) is 0. The Balaban J connectivity index is -0.000000257. The minimum Gasteiger partial charge on any atom is -0.305 e. The lowest BCUT2D eigenvalue weighted by atomic mass is 10.0. The molecule has 2 rings (SSSR count). The fourth-order valence-electron chi connectivity index (χ4n) is 2.40. The third-order valence-electron chi connectivity index (χ3n) is 3.86. The van der Waals surface area contributed by atoms with Gasteiger partial charge in [0.25, 0.3) is 5.92 Å². The SMILES string of the molecule is C=CC.CC.CC.CCCC(C)CC.CN1CC2C(C1)C2(F)F. The van der Waals surface area contributed by atoms with Crippen LogP contribution in [0.5, 0.6) is 0 Å². The highest BCUT2D eigenvalue weighted by atomic mass is 19.3. The van der Waals surface area contributed by atoms with Gasteiger partial charge in [0, 0.05) is 24.9 Å². The van der Waals surface area contributed by atoms with Gasteiger partial charge in [0.1, 0.15) is 0 Å². The van der Waals surface area contributed by atoms with E-state index in [2.05, 4.69) is 27.4 Å². The molecule has 0 bridgehead atoms. The van der Waals surface area contributed by atoms with Crippen molar-refractivity contribution in [3.63, 3.8) is 0 Å². The molecule has 0 N–H and O–H groups in total. The van der Waals surface area contributed by atoms with E-state index in [-0.39, 0.29) is 11.8 Å². The molecule has 1 nitrogen and oxygen atoms in total. The number of allylic oxidation sites excluding steroid dienone is 1. The van der Waals surface area contributed by atoms with E-state index in [1.165, 1.54) is 19.3 Å². The van der Waals surface area contributed by atoms with Crippen LogP contribution in [0.2, 0.25) is 0 Å². The van der Waals surface area contributed by atoms with Gasteiger partial charge in [-0.25, -0.2) is 8.78 Å². The molecule has 1 heterocycles. The predicted molar refractivity (Wildman–Crippen MR) is 102 cm³/mol. The Kier molecular flexibility index (Phi) is 19.6. The van der Waals surface area contributed by atoms with E-state index in [9.17, 15) is 8.78 Å². The number of halogens is 2. The molecule has 1 saturated carbocycles. The van der Waals surface area contributed by atoms with Crippen molar-refractivity contribution in [3.05, 3.63) is 12.7 Å². The number of hydrogen-bond donors (Lipinski definition) is 0. The van der Waals surface area contributed by atoms with Crippen LogP contribution in [0.1, 0.15) is 74.7 Å². The van der Waals surface area contributed by atoms with Gasteiger partial charge in [-0.2, -0.15) is 0 Å². The smallest absolute Gasteiger partial charge is 0.257 e. The molecule has 0 radical (unpaired) electrons. The van der Waals surface area contributed by atoms with Gasteiger partial charge in [0.2, 0.25) is 0 Å². The molecule has 23 heavy (non-hydrogen) atoms. The maximum atomic E-state index is 12.4. The molecule has 2 fully saturated rings. The van der Waals surface area contributed by atoms with Crippen molar-refractivity contribution >= 4 is 0 Å². The van der Waals surface area contributed by atoms with Crippen molar-refractivity contribution in [2.24, 2.45) is 17.8 Å². The standard InChI is InChI=1S/C7H16.C6H9F2N.C3H6.2C2H6/c1-4-6-7(3)5-2;1-9-2-4-5(3-9)6(4,7)8;1-3-2;2*1-2/h7H,4-6H2,1-3H3;4-5H,2-3H2,1H3;3H,1H2,2H3;2*1-2H3. The second kappa shape index (κ2) is 16.4. The molecule has 1 aliphatic carbocycles. The van der Waals surface area contributed by atoms with E-state index in [1.807, 2.05) is 46.6 Å². The largest absolute Gasteiger partial charge is 0.305 e. The van der Waals surface area contributed by atoms with Gasteiger partial charge < -0.3 is 4.90 Å². The Morgan fingerprint density at radius 2 is 1.48 bits per heavy atom. The number of likely N-dealkylation sites (tertiary alicyclic amines) is 1. The molecule has 1 aliphatic heterocycles. The molecule has 0 aromatic rings. The average molecular weight is 336 g/mol. The fraction of sp³-hybridized carbons (Fsp3) is 0.900. The molecule has 3 unspecified atom stereocenters. The Bertz CT molecular complexity index is 240. The van der Waals surface area contributed by atoms with E-state index >= 15 is 0 Å². The zero-order valence-electron chi connectivity index (χ0n) is 17.3. The molecule has 3 heteroatoms. The summed E-state index contributed by atoms with van der Waals surface area (Å²) in [6.07, 6.45) is 5.83. The average Bonchev–Trinajstić information content (AvgIpc) is 2.89. The molecular formula is C20H43F2N. The van der Waals surface area contributed by atoms with Gasteiger partial charge in [-0.3, -0.25) is 0 Å². The third-order valence-corrected chi connectivity index (χ3v) is 3.86. The summed E-state index contributed by atoms with van der Waals surface area (Å²) in [4.78, 5) is 1.97. The van der Waals surface area contributed by atoms with Crippen molar-refractivity contribution in [1.29, 1.82) is 0 Å². The minimum atomic E-state index is -2.30. The maximum absolute atomic E-state index is 12.4. The fourth-order valence-corrected chi connectivity index (χ4v) is 2.40. The number of hydrogen-bond acceptors (Lipinski definition) is 1. The topological polar surface area (TPSA) is 3.24 Å². The van der Waals surface area contributed by atoms with E-state index in [1.54, 1.807) is 6.08 Å². The molecule has 0 spiro atoms. The zero-order chi connectivity index (χ0) is 19.1. The number of nitrogens with zero attached hydrogens (tertiary/aromatic N) is 1. The van der Waals surface area contributed by atoms with E-state index < -0.39 is 5.92 Å². The summed E-state index contributed by atoms with van der Waals surface area (Å²) in [6.45, 7) is 21.2. The van der Waals surface area contributed by atoms with Crippen LogP contribution in [0.3, 0.4) is 0 Å². The number of piperidine rings is 1. The van der Waals surface area contributed by atoms with Crippen molar-refractivity contribution in [2.75, 3.05) is 20.1 Å². The monoisotopic (exact) mass is 335 g/mol. The Morgan fingerprint density at radius 3 is 1.65 bits per heavy atom. The third kappa shape index (κ3) is 11.7. The summed E-state index contributed by atoms with van der Waals surface area (Å²) in [5, 5.41) is 0. The Hall–Kier alpha value is -0.440. The first-order valence-electron chi connectivity index (χ1n) is 9.48. The molecule has 0 aromatic carbocycles. The van der Waals surface area contributed by atoms with Crippen molar-refractivity contribution in [1.82, 2.24) is 4.90 Å².